The molecular weight excluding hydrogens is 214 g/mol. The standard InChI is InChI=1S/C14H22NO2/c1-15(2,11-10-14(16)17-3)12-13-8-6-4-5-7-9-13/h4,6-9H,5,10-12H2,1-3H3/q+1. The fourth-order valence-electron chi connectivity index (χ4n) is 1.80. The van der Waals surface area contributed by atoms with Crippen molar-refractivity contribution in [1.29, 1.82) is 0 Å². The quantitative estimate of drug-likeness (QED) is 0.539. The lowest BCUT2D eigenvalue weighted by atomic mass is 10.2. The first kappa shape index (κ1) is 13.7. The first-order chi connectivity index (χ1) is 8.03. The van der Waals surface area contributed by atoms with Gasteiger partial charge in [-0.1, -0.05) is 30.4 Å². The number of ether oxygens (including phenoxy) is 1. The Morgan fingerprint density at radius 3 is 2.88 bits per heavy atom. The van der Waals surface area contributed by atoms with E-state index in [0.29, 0.717) is 6.42 Å². The molecule has 3 heteroatoms. The van der Waals surface area contributed by atoms with E-state index in [1.807, 2.05) is 0 Å². The molecule has 0 aliphatic heterocycles. The number of quaternary nitrogens is 1. The summed E-state index contributed by atoms with van der Waals surface area (Å²) in [5.74, 6) is -0.138. The van der Waals surface area contributed by atoms with Crippen molar-refractivity contribution in [2.45, 2.75) is 12.8 Å². The second kappa shape index (κ2) is 6.40. The minimum absolute atomic E-state index is 0.138. The van der Waals surface area contributed by atoms with E-state index in [-0.39, 0.29) is 5.97 Å². The van der Waals surface area contributed by atoms with Crippen molar-refractivity contribution in [3.05, 3.63) is 36.0 Å². The minimum atomic E-state index is -0.138. The van der Waals surface area contributed by atoms with Crippen LogP contribution in [0.25, 0.3) is 0 Å². The molecule has 1 rings (SSSR count). The molecule has 94 valence electrons. The number of hydrogen-bond donors (Lipinski definition) is 0. The summed E-state index contributed by atoms with van der Waals surface area (Å²) >= 11 is 0. The number of methoxy groups -OCH3 is 1. The number of carbonyl (C=O) groups is 1. The van der Waals surface area contributed by atoms with Gasteiger partial charge in [0.05, 0.1) is 34.2 Å². The van der Waals surface area contributed by atoms with Crippen LogP contribution in [0.3, 0.4) is 0 Å². The Kier molecular flexibility index (Phi) is 5.16. The molecule has 0 heterocycles. The number of rotatable bonds is 5. The van der Waals surface area contributed by atoms with Crippen LogP contribution < -0.4 is 0 Å². The Morgan fingerprint density at radius 2 is 2.18 bits per heavy atom. The number of carbonyl (C=O) groups excluding carboxylic acids is 1. The molecule has 0 spiro atoms. The van der Waals surface area contributed by atoms with Crippen molar-refractivity contribution in [2.24, 2.45) is 0 Å². The van der Waals surface area contributed by atoms with E-state index in [9.17, 15) is 4.79 Å². The Labute approximate surface area is 104 Å². The second-order valence-electron chi connectivity index (χ2n) is 4.95. The smallest absolute Gasteiger partial charge is 0.311 e. The average molecular weight is 236 g/mol. The van der Waals surface area contributed by atoms with Crippen molar-refractivity contribution >= 4 is 5.97 Å². The highest BCUT2D eigenvalue weighted by Gasteiger charge is 2.18. The summed E-state index contributed by atoms with van der Waals surface area (Å²) in [5, 5.41) is 0. The first-order valence-electron chi connectivity index (χ1n) is 5.94. The molecule has 0 saturated carbocycles. The molecule has 0 amide bonds. The Bertz CT molecular complexity index is 351. The molecule has 1 aliphatic carbocycles. The Morgan fingerprint density at radius 1 is 1.41 bits per heavy atom. The highest BCUT2D eigenvalue weighted by atomic mass is 16.5. The predicted octanol–water partition coefficient (Wildman–Crippen LogP) is 2.07. The SMILES string of the molecule is COC(=O)CC[N+](C)(C)CC1=CC=CCC=C1. The van der Waals surface area contributed by atoms with E-state index in [2.05, 4.69) is 49.2 Å². The molecule has 1 aliphatic rings. The number of nitrogens with zero attached hydrogens (tertiary/aromatic N) is 1. The third-order valence-corrected chi connectivity index (χ3v) is 2.81. The van der Waals surface area contributed by atoms with Gasteiger partial charge in [-0.2, -0.15) is 0 Å². The molecule has 0 unspecified atom stereocenters. The van der Waals surface area contributed by atoms with Crippen LogP contribution in [-0.2, 0) is 9.53 Å². The summed E-state index contributed by atoms with van der Waals surface area (Å²) in [4.78, 5) is 11.1. The van der Waals surface area contributed by atoms with Crippen LogP contribution >= 0.6 is 0 Å². The predicted molar refractivity (Wildman–Crippen MR) is 69.5 cm³/mol. The van der Waals surface area contributed by atoms with Crippen LogP contribution in [0.1, 0.15) is 12.8 Å². The van der Waals surface area contributed by atoms with Gasteiger partial charge in [0.2, 0.25) is 0 Å². The Balaban J connectivity index is 2.50. The molecule has 3 nitrogen and oxygen atoms in total. The van der Waals surface area contributed by atoms with Gasteiger partial charge in [0.15, 0.2) is 0 Å². The second-order valence-corrected chi connectivity index (χ2v) is 4.95. The molecule has 0 aromatic heterocycles. The van der Waals surface area contributed by atoms with Crippen molar-refractivity contribution in [3.63, 3.8) is 0 Å². The Hall–Kier alpha value is -1.35. The zero-order valence-electron chi connectivity index (χ0n) is 11.0. The highest BCUT2D eigenvalue weighted by molar-refractivity contribution is 5.69. The van der Waals surface area contributed by atoms with Crippen LogP contribution in [0, 0.1) is 0 Å². The molecule has 0 radical (unpaired) electrons. The van der Waals surface area contributed by atoms with E-state index in [1.165, 1.54) is 12.7 Å². The number of esters is 1. The van der Waals surface area contributed by atoms with Gasteiger partial charge >= 0.3 is 5.97 Å². The molecule has 0 aromatic rings. The highest BCUT2D eigenvalue weighted by Crippen LogP contribution is 2.11. The number of hydrogen-bond acceptors (Lipinski definition) is 2. The molecule has 0 bridgehead atoms. The van der Waals surface area contributed by atoms with Gasteiger partial charge in [-0.3, -0.25) is 4.79 Å². The molecule has 0 saturated heterocycles. The zero-order chi connectivity index (χ0) is 12.7. The lowest BCUT2D eigenvalue weighted by Gasteiger charge is -2.29. The van der Waals surface area contributed by atoms with Crippen molar-refractivity contribution in [1.82, 2.24) is 0 Å². The van der Waals surface area contributed by atoms with Crippen LogP contribution in [0.4, 0.5) is 0 Å². The van der Waals surface area contributed by atoms with E-state index in [1.54, 1.807) is 0 Å². The molecule has 0 atom stereocenters. The van der Waals surface area contributed by atoms with Crippen molar-refractivity contribution in [2.75, 3.05) is 34.3 Å². The van der Waals surface area contributed by atoms with Gasteiger partial charge in [0, 0.05) is 5.57 Å². The van der Waals surface area contributed by atoms with E-state index in [4.69, 9.17) is 0 Å². The van der Waals surface area contributed by atoms with Crippen LogP contribution in [0.5, 0.6) is 0 Å². The normalized spacial score (nSPS) is 15.4. The summed E-state index contributed by atoms with van der Waals surface area (Å²) in [6.45, 7) is 1.72. The summed E-state index contributed by atoms with van der Waals surface area (Å²) in [7, 11) is 5.70. The molecule has 0 N–H and O–H groups in total. The molecule has 17 heavy (non-hydrogen) atoms. The van der Waals surface area contributed by atoms with Crippen molar-refractivity contribution < 1.29 is 14.0 Å². The molecule has 0 aromatic carbocycles. The summed E-state index contributed by atoms with van der Waals surface area (Å²) < 4.78 is 5.46. The molecule has 0 fully saturated rings. The largest absolute Gasteiger partial charge is 0.469 e. The zero-order valence-corrected chi connectivity index (χ0v) is 11.0. The fraction of sp³-hybridized carbons (Fsp3) is 0.500. The van der Waals surface area contributed by atoms with Crippen LogP contribution in [-0.4, -0.2) is 44.7 Å². The van der Waals surface area contributed by atoms with E-state index >= 15 is 0 Å². The summed E-state index contributed by atoms with van der Waals surface area (Å²) in [6, 6.07) is 0. The van der Waals surface area contributed by atoms with Gasteiger partial charge in [-0.05, 0) is 6.42 Å². The number of allylic oxidation sites excluding steroid dienone is 4. The van der Waals surface area contributed by atoms with Gasteiger partial charge < -0.3 is 9.22 Å². The lowest BCUT2D eigenvalue weighted by molar-refractivity contribution is -0.884. The summed E-state index contributed by atoms with van der Waals surface area (Å²) in [6.07, 6.45) is 12.2. The molecular formula is C14H22NO2+. The maximum absolute atomic E-state index is 11.1. The van der Waals surface area contributed by atoms with Gasteiger partial charge in [0.25, 0.3) is 0 Å². The average Bonchev–Trinajstić information content (AvgIpc) is 2.54. The van der Waals surface area contributed by atoms with Gasteiger partial charge in [-0.25, -0.2) is 0 Å². The van der Waals surface area contributed by atoms with Crippen LogP contribution in [0.2, 0.25) is 0 Å². The van der Waals surface area contributed by atoms with Crippen LogP contribution in [0.15, 0.2) is 36.0 Å². The van der Waals surface area contributed by atoms with Gasteiger partial charge in [-0.15, -0.1) is 0 Å². The fourth-order valence-corrected chi connectivity index (χ4v) is 1.80. The maximum atomic E-state index is 11.1. The van der Waals surface area contributed by atoms with Crippen molar-refractivity contribution in [3.8, 4) is 0 Å². The number of likely N-dealkylation sites (N-methyl/N-ethyl adjacent to an activating group) is 1. The van der Waals surface area contributed by atoms with E-state index in [0.717, 1.165) is 24.0 Å². The third kappa shape index (κ3) is 5.50. The first-order valence-corrected chi connectivity index (χ1v) is 5.94. The van der Waals surface area contributed by atoms with E-state index < -0.39 is 0 Å². The maximum Gasteiger partial charge on any atom is 0.311 e. The minimum Gasteiger partial charge on any atom is -0.469 e. The third-order valence-electron chi connectivity index (χ3n) is 2.81. The topological polar surface area (TPSA) is 26.3 Å². The monoisotopic (exact) mass is 236 g/mol. The summed E-state index contributed by atoms with van der Waals surface area (Å²) in [5.41, 5.74) is 1.30. The van der Waals surface area contributed by atoms with Gasteiger partial charge in [0.1, 0.15) is 6.54 Å². The lowest BCUT2D eigenvalue weighted by Crippen LogP contribution is -2.42.